The maximum Gasteiger partial charge on any atom is 0.251 e. The molecule has 158 valence electrons. The molecule has 0 bridgehead atoms. The topological polar surface area (TPSA) is 57.4 Å². The maximum absolute atomic E-state index is 13.0. The lowest BCUT2D eigenvalue weighted by Gasteiger charge is -2.29. The first-order chi connectivity index (χ1) is 14.6. The number of piperidine rings is 1. The van der Waals surface area contributed by atoms with E-state index in [-0.39, 0.29) is 11.9 Å². The van der Waals surface area contributed by atoms with Crippen LogP contribution in [0.4, 0.5) is 0 Å². The largest absolute Gasteiger partial charge is 0.379 e. The lowest BCUT2D eigenvalue weighted by atomic mass is 9.98. The van der Waals surface area contributed by atoms with Crippen molar-refractivity contribution in [1.29, 1.82) is 0 Å². The van der Waals surface area contributed by atoms with Gasteiger partial charge in [0, 0.05) is 29.3 Å². The third-order valence-corrected chi connectivity index (χ3v) is 6.19. The molecule has 30 heavy (non-hydrogen) atoms. The lowest BCUT2D eigenvalue weighted by Crippen LogP contribution is -2.34. The van der Waals surface area contributed by atoms with Gasteiger partial charge in [-0.3, -0.25) is 4.79 Å². The number of hydrogen-bond acceptors (Lipinski definition) is 3. The molecule has 2 N–H and O–H groups in total. The van der Waals surface area contributed by atoms with Crippen LogP contribution < -0.4 is 5.32 Å². The Morgan fingerprint density at radius 2 is 2.00 bits per heavy atom. The number of fused-ring (bicyclic) bond motifs is 1. The van der Waals surface area contributed by atoms with Gasteiger partial charge in [-0.05, 0) is 56.6 Å². The van der Waals surface area contributed by atoms with E-state index in [1.807, 2.05) is 42.5 Å². The van der Waals surface area contributed by atoms with Crippen molar-refractivity contribution >= 4 is 28.4 Å². The first-order valence-electron chi connectivity index (χ1n) is 10.5. The fourth-order valence-electron chi connectivity index (χ4n) is 3.96. The molecule has 0 unspecified atom stereocenters. The van der Waals surface area contributed by atoms with Gasteiger partial charge in [0.25, 0.3) is 5.91 Å². The van der Waals surface area contributed by atoms with Crippen molar-refractivity contribution in [1.82, 2.24) is 15.2 Å². The number of likely N-dealkylation sites (tertiary alicyclic amines) is 1. The molecule has 3 aromatic rings. The van der Waals surface area contributed by atoms with E-state index < -0.39 is 0 Å². The highest BCUT2D eigenvalue weighted by Crippen LogP contribution is 2.24. The number of aromatic nitrogens is 1. The molecule has 0 spiro atoms. The molecule has 1 saturated heterocycles. The second-order valence-electron chi connectivity index (χ2n) is 8.12. The Kier molecular flexibility index (Phi) is 6.72. The van der Waals surface area contributed by atoms with Crippen molar-refractivity contribution in [2.75, 3.05) is 33.4 Å². The van der Waals surface area contributed by atoms with Crippen molar-refractivity contribution in [3.05, 3.63) is 70.9 Å². The van der Waals surface area contributed by atoms with E-state index in [1.54, 1.807) is 12.3 Å². The van der Waals surface area contributed by atoms with Gasteiger partial charge in [-0.15, -0.1) is 0 Å². The van der Waals surface area contributed by atoms with Crippen molar-refractivity contribution in [2.45, 2.75) is 18.9 Å². The van der Waals surface area contributed by atoms with Gasteiger partial charge < -0.3 is 19.9 Å². The van der Waals surface area contributed by atoms with Crippen LogP contribution in [-0.4, -0.2) is 49.1 Å². The number of carbonyl (C=O) groups is 1. The Balaban J connectivity index is 1.42. The Labute approximate surface area is 182 Å². The number of rotatable bonds is 7. The normalized spacial score (nSPS) is 16.6. The molecular formula is C24H28ClN3O2. The summed E-state index contributed by atoms with van der Waals surface area (Å²) in [5, 5.41) is 4.71. The molecule has 6 heteroatoms. The van der Waals surface area contributed by atoms with E-state index in [0.29, 0.717) is 23.1 Å². The average Bonchev–Trinajstić information content (AvgIpc) is 3.15. The van der Waals surface area contributed by atoms with Crippen LogP contribution in [0.15, 0.2) is 54.7 Å². The molecule has 2 aromatic carbocycles. The highest BCUT2D eigenvalue weighted by molar-refractivity contribution is 6.35. The standard InChI is InChI=1S/C24H28ClN3O2/c1-28-11-9-17(10-12-28)15-30-16-23(18-5-3-2-4-6-18)27-24(29)19-7-8-20-21(25)14-26-22(20)13-19/h2-8,13-14,17,23,26H,9-12,15-16H2,1H3,(H,27,29)/t23-/m0/s1. The van der Waals surface area contributed by atoms with Crippen molar-refractivity contribution in [3.63, 3.8) is 0 Å². The van der Waals surface area contributed by atoms with Gasteiger partial charge in [0.1, 0.15) is 0 Å². The van der Waals surface area contributed by atoms with E-state index in [2.05, 4.69) is 22.2 Å². The smallest absolute Gasteiger partial charge is 0.251 e. The fraction of sp³-hybridized carbons (Fsp3) is 0.375. The van der Waals surface area contributed by atoms with Crippen molar-refractivity contribution < 1.29 is 9.53 Å². The Hall–Kier alpha value is -2.34. The van der Waals surface area contributed by atoms with Gasteiger partial charge in [-0.25, -0.2) is 0 Å². The van der Waals surface area contributed by atoms with E-state index in [4.69, 9.17) is 16.3 Å². The molecule has 0 saturated carbocycles. The minimum atomic E-state index is -0.201. The quantitative estimate of drug-likeness (QED) is 0.579. The summed E-state index contributed by atoms with van der Waals surface area (Å²) in [6.45, 7) is 3.44. The summed E-state index contributed by atoms with van der Waals surface area (Å²) in [4.78, 5) is 18.4. The first-order valence-corrected chi connectivity index (χ1v) is 10.9. The van der Waals surface area contributed by atoms with Gasteiger partial charge in [-0.2, -0.15) is 0 Å². The SMILES string of the molecule is CN1CCC(COC[C@H](NC(=O)c2ccc3c(Cl)c[nH]c3c2)c2ccccc2)CC1. The van der Waals surface area contributed by atoms with Crippen LogP contribution in [0.25, 0.3) is 10.9 Å². The molecule has 1 amide bonds. The van der Waals surface area contributed by atoms with E-state index in [1.165, 1.54) is 0 Å². The zero-order valence-electron chi connectivity index (χ0n) is 17.2. The van der Waals surface area contributed by atoms with Crippen LogP contribution in [0, 0.1) is 5.92 Å². The first kappa shape index (κ1) is 20.9. The molecule has 1 aliphatic rings. The van der Waals surface area contributed by atoms with Crippen molar-refractivity contribution in [2.24, 2.45) is 5.92 Å². The predicted octanol–water partition coefficient (Wildman–Crippen LogP) is 4.65. The zero-order valence-corrected chi connectivity index (χ0v) is 18.0. The summed E-state index contributed by atoms with van der Waals surface area (Å²) >= 11 is 6.15. The van der Waals surface area contributed by atoms with Crippen LogP contribution in [0.3, 0.4) is 0 Å². The molecule has 0 aliphatic carbocycles. The molecular weight excluding hydrogens is 398 g/mol. The minimum absolute atomic E-state index is 0.126. The number of nitrogens with one attached hydrogen (secondary N) is 2. The Morgan fingerprint density at radius 1 is 1.23 bits per heavy atom. The molecule has 1 aliphatic heterocycles. The maximum atomic E-state index is 13.0. The number of nitrogens with zero attached hydrogens (tertiary/aromatic N) is 1. The van der Waals surface area contributed by atoms with Crippen LogP contribution in [-0.2, 0) is 4.74 Å². The number of hydrogen-bond donors (Lipinski definition) is 2. The summed E-state index contributed by atoms with van der Waals surface area (Å²) in [6, 6.07) is 15.3. The number of ether oxygens (including phenoxy) is 1. The summed E-state index contributed by atoms with van der Waals surface area (Å²) in [7, 11) is 2.16. The second kappa shape index (κ2) is 9.65. The molecule has 0 radical (unpaired) electrons. The zero-order chi connectivity index (χ0) is 20.9. The summed E-state index contributed by atoms with van der Waals surface area (Å²) < 4.78 is 6.08. The Bertz CT molecular complexity index is 981. The van der Waals surface area contributed by atoms with E-state index >= 15 is 0 Å². The Morgan fingerprint density at radius 3 is 2.77 bits per heavy atom. The van der Waals surface area contributed by atoms with E-state index in [9.17, 15) is 4.79 Å². The number of aromatic amines is 1. The van der Waals surface area contributed by atoms with Crippen LogP contribution in [0.2, 0.25) is 5.02 Å². The van der Waals surface area contributed by atoms with Crippen LogP contribution >= 0.6 is 11.6 Å². The summed E-state index contributed by atoms with van der Waals surface area (Å²) in [5.74, 6) is 0.465. The third kappa shape index (κ3) is 5.04. The molecule has 5 nitrogen and oxygen atoms in total. The number of carbonyl (C=O) groups excluding carboxylic acids is 1. The molecule has 4 rings (SSSR count). The molecule has 1 aromatic heterocycles. The van der Waals surface area contributed by atoms with Gasteiger partial charge in [0.05, 0.1) is 17.7 Å². The number of halogens is 1. The van der Waals surface area contributed by atoms with Gasteiger partial charge in [0.15, 0.2) is 0 Å². The molecule has 2 heterocycles. The van der Waals surface area contributed by atoms with E-state index in [0.717, 1.165) is 49.0 Å². The van der Waals surface area contributed by atoms with Crippen LogP contribution in [0.1, 0.15) is 34.8 Å². The number of H-pyrrole nitrogens is 1. The molecule has 1 fully saturated rings. The summed E-state index contributed by atoms with van der Waals surface area (Å²) in [6.07, 6.45) is 4.06. The monoisotopic (exact) mass is 425 g/mol. The predicted molar refractivity (Wildman–Crippen MR) is 121 cm³/mol. The highest BCUT2D eigenvalue weighted by Gasteiger charge is 2.20. The second-order valence-corrected chi connectivity index (χ2v) is 8.53. The lowest BCUT2D eigenvalue weighted by molar-refractivity contribution is 0.0558. The van der Waals surface area contributed by atoms with Gasteiger partial charge in [0.2, 0.25) is 0 Å². The number of benzene rings is 2. The summed E-state index contributed by atoms with van der Waals surface area (Å²) in [5.41, 5.74) is 2.48. The fourth-order valence-corrected chi connectivity index (χ4v) is 4.18. The van der Waals surface area contributed by atoms with Crippen molar-refractivity contribution in [3.8, 4) is 0 Å². The minimum Gasteiger partial charge on any atom is -0.379 e. The molecule has 1 atom stereocenters. The highest BCUT2D eigenvalue weighted by atomic mass is 35.5. The van der Waals surface area contributed by atoms with Gasteiger partial charge >= 0.3 is 0 Å². The van der Waals surface area contributed by atoms with Gasteiger partial charge in [-0.1, -0.05) is 48.0 Å². The average molecular weight is 426 g/mol. The van der Waals surface area contributed by atoms with Crippen LogP contribution in [0.5, 0.6) is 0 Å². The number of amides is 1. The third-order valence-electron chi connectivity index (χ3n) is 5.88.